The molecule has 1 fully saturated rings. The normalized spacial score (nSPS) is 28.8. The zero-order chi connectivity index (χ0) is 11.0. The van der Waals surface area contributed by atoms with E-state index in [1.165, 1.54) is 7.11 Å². The maximum Gasteiger partial charge on any atom is 0.305 e. The molecule has 3 heteroatoms. The van der Waals surface area contributed by atoms with Gasteiger partial charge < -0.3 is 4.74 Å². The quantitative estimate of drug-likeness (QED) is 0.664. The van der Waals surface area contributed by atoms with Gasteiger partial charge in [0.1, 0.15) is 0 Å². The van der Waals surface area contributed by atoms with Gasteiger partial charge in [-0.15, -0.1) is 0 Å². The Labute approximate surface area is 90.8 Å². The Kier molecular flexibility index (Phi) is 3.20. The molecule has 0 bridgehead atoms. The van der Waals surface area contributed by atoms with Crippen LogP contribution >= 0.6 is 11.8 Å². The molecular weight excluding hydrogens is 196 g/mol. The Bertz CT molecular complexity index is 233. The Morgan fingerprint density at radius 1 is 1.43 bits per heavy atom. The molecule has 1 aliphatic rings. The third-order valence-electron chi connectivity index (χ3n) is 3.86. The molecule has 0 unspecified atom stereocenters. The molecule has 0 amide bonds. The first-order valence-electron chi connectivity index (χ1n) is 5.02. The molecule has 0 aromatic rings. The SMILES string of the molecule is COC(=O)C[C@H]1CSC(C)(C)C1(C)C. The van der Waals surface area contributed by atoms with Crippen LogP contribution in [-0.4, -0.2) is 23.6 Å². The zero-order valence-electron chi connectivity index (χ0n) is 9.72. The lowest BCUT2D eigenvalue weighted by atomic mass is 9.70. The van der Waals surface area contributed by atoms with Crippen molar-refractivity contribution in [2.45, 2.75) is 38.9 Å². The number of carbonyl (C=O) groups is 1. The highest BCUT2D eigenvalue weighted by Gasteiger charge is 2.49. The van der Waals surface area contributed by atoms with Crippen molar-refractivity contribution in [3.63, 3.8) is 0 Å². The Balaban J connectivity index is 2.70. The van der Waals surface area contributed by atoms with Crippen molar-refractivity contribution < 1.29 is 9.53 Å². The average Bonchev–Trinajstić information content (AvgIpc) is 2.28. The number of carbonyl (C=O) groups excluding carboxylic acids is 1. The van der Waals surface area contributed by atoms with E-state index < -0.39 is 0 Å². The average molecular weight is 216 g/mol. The van der Waals surface area contributed by atoms with Crippen LogP contribution in [0.4, 0.5) is 0 Å². The summed E-state index contributed by atoms with van der Waals surface area (Å²) in [6.07, 6.45) is 0.555. The molecule has 1 heterocycles. The number of thioether (sulfide) groups is 1. The maximum absolute atomic E-state index is 11.2. The smallest absolute Gasteiger partial charge is 0.305 e. The van der Waals surface area contributed by atoms with Crippen molar-refractivity contribution in [1.82, 2.24) is 0 Å². The fraction of sp³-hybridized carbons (Fsp3) is 0.909. The largest absolute Gasteiger partial charge is 0.469 e. The van der Waals surface area contributed by atoms with Gasteiger partial charge in [0.05, 0.1) is 7.11 Å². The molecule has 1 rings (SSSR count). The molecule has 14 heavy (non-hydrogen) atoms. The summed E-state index contributed by atoms with van der Waals surface area (Å²) in [5.74, 6) is 1.42. The van der Waals surface area contributed by atoms with Crippen LogP contribution in [0.1, 0.15) is 34.1 Å². The molecule has 1 saturated heterocycles. The van der Waals surface area contributed by atoms with E-state index in [2.05, 4.69) is 27.7 Å². The van der Waals surface area contributed by atoms with Crippen LogP contribution in [0.5, 0.6) is 0 Å². The van der Waals surface area contributed by atoms with Gasteiger partial charge in [-0.05, 0) is 17.1 Å². The monoisotopic (exact) mass is 216 g/mol. The second kappa shape index (κ2) is 3.76. The lowest BCUT2D eigenvalue weighted by Crippen LogP contribution is -2.37. The van der Waals surface area contributed by atoms with Gasteiger partial charge in [-0.25, -0.2) is 0 Å². The second-order valence-corrected chi connectivity index (χ2v) is 6.66. The van der Waals surface area contributed by atoms with Gasteiger partial charge in [-0.1, -0.05) is 27.7 Å². The van der Waals surface area contributed by atoms with Crippen molar-refractivity contribution in [2.75, 3.05) is 12.9 Å². The van der Waals surface area contributed by atoms with E-state index in [1.54, 1.807) is 0 Å². The van der Waals surface area contributed by atoms with E-state index in [1.807, 2.05) is 11.8 Å². The van der Waals surface area contributed by atoms with Crippen molar-refractivity contribution in [1.29, 1.82) is 0 Å². The van der Waals surface area contributed by atoms with Crippen LogP contribution < -0.4 is 0 Å². The number of hydrogen-bond donors (Lipinski definition) is 0. The van der Waals surface area contributed by atoms with Crippen molar-refractivity contribution in [2.24, 2.45) is 11.3 Å². The first-order chi connectivity index (χ1) is 6.31. The van der Waals surface area contributed by atoms with Gasteiger partial charge in [0.25, 0.3) is 0 Å². The van der Waals surface area contributed by atoms with E-state index in [0.717, 1.165) is 5.75 Å². The van der Waals surface area contributed by atoms with Crippen molar-refractivity contribution in [3.8, 4) is 0 Å². The van der Waals surface area contributed by atoms with Gasteiger partial charge in [0.15, 0.2) is 0 Å². The van der Waals surface area contributed by atoms with Gasteiger partial charge in [-0.2, -0.15) is 11.8 Å². The van der Waals surface area contributed by atoms with Crippen molar-refractivity contribution >= 4 is 17.7 Å². The van der Waals surface area contributed by atoms with Gasteiger partial charge in [-0.3, -0.25) is 4.79 Å². The van der Waals surface area contributed by atoms with Gasteiger partial charge >= 0.3 is 5.97 Å². The molecule has 0 saturated carbocycles. The Morgan fingerprint density at radius 2 is 2.00 bits per heavy atom. The minimum atomic E-state index is -0.0821. The van der Waals surface area contributed by atoms with E-state index >= 15 is 0 Å². The fourth-order valence-corrected chi connectivity index (χ4v) is 3.48. The summed E-state index contributed by atoms with van der Waals surface area (Å²) in [7, 11) is 1.46. The summed E-state index contributed by atoms with van der Waals surface area (Å²) >= 11 is 1.96. The predicted molar refractivity (Wildman–Crippen MR) is 60.4 cm³/mol. The Hall–Kier alpha value is -0.180. The topological polar surface area (TPSA) is 26.3 Å². The second-order valence-electron chi connectivity index (χ2n) is 5.02. The highest BCUT2D eigenvalue weighted by Crippen LogP contribution is 2.55. The molecule has 0 spiro atoms. The third-order valence-corrected chi connectivity index (χ3v) is 5.68. The van der Waals surface area contributed by atoms with Gasteiger partial charge in [0.2, 0.25) is 0 Å². The van der Waals surface area contributed by atoms with E-state index in [0.29, 0.717) is 12.3 Å². The number of rotatable bonds is 2. The number of methoxy groups -OCH3 is 1. The summed E-state index contributed by atoms with van der Waals surface area (Å²) in [5, 5.41) is 0. The molecule has 1 aliphatic heterocycles. The lowest BCUT2D eigenvalue weighted by Gasteiger charge is -2.37. The summed E-state index contributed by atoms with van der Waals surface area (Å²) in [4.78, 5) is 11.2. The molecule has 0 N–H and O–H groups in total. The lowest BCUT2D eigenvalue weighted by molar-refractivity contribution is -0.142. The first kappa shape index (κ1) is 11.9. The molecular formula is C11H20O2S. The standard InChI is InChI=1S/C11H20O2S/c1-10(2)8(6-9(12)13-5)7-14-11(10,3)4/h8H,6-7H2,1-5H3/t8-/m0/s1. The van der Waals surface area contributed by atoms with Crippen LogP contribution in [0.15, 0.2) is 0 Å². The number of ether oxygens (including phenoxy) is 1. The van der Waals surface area contributed by atoms with Crippen LogP contribution in [0.2, 0.25) is 0 Å². The van der Waals surface area contributed by atoms with Crippen molar-refractivity contribution in [3.05, 3.63) is 0 Å². The predicted octanol–water partition coefficient (Wildman–Crippen LogP) is 2.72. The van der Waals surface area contributed by atoms with Crippen LogP contribution in [0.25, 0.3) is 0 Å². The number of hydrogen-bond acceptors (Lipinski definition) is 3. The van der Waals surface area contributed by atoms with Crippen LogP contribution in [0, 0.1) is 11.3 Å². The first-order valence-corrected chi connectivity index (χ1v) is 6.00. The molecule has 2 nitrogen and oxygen atoms in total. The molecule has 0 aliphatic carbocycles. The third kappa shape index (κ3) is 1.92. The Morgan fingerprint density at radius 3 is 2.36 bits per heavy atom. The molecule has 1 atom stereocenters. The van der Waals surface area contributed by atoms with Crippen LogP contribution in [-0.2, 0) is 9.53 Å². The highest BCUT2D eigenvalue weighted by molar-refractivity contribution is 8.00. The molecule has 82 valence electrons. The molecule has 0 aromatic heterocycles. The minimum Gasteiger partial charge on any atom is -0.469 e. The van der Waals surface area contributed by atoms with E-state index in [4.69, 9.17) is 4.74 Å². The van der Waals surface area contributed by atoms with E-state index in [-0.39, 0.29) is 16.1 Å². The van der Waals surface area contributed by atoms with Crippen LogP contribution in [0.3, 0.4) is 0 Å². The summed E-state index contributed by atoms with van der Waals surface area (Å²) in [6.45, 7) is 9.02. The maximum atomic E-state index is 11.2. The summed E-state index contributed by atoms with van der Waals surface area (Å²) in [5.41, 5.74) is 0.200. The highest BCUT2D eigenvalue weighted by atomic mass is 32.2. The minimum absolute atomic E-state index is 0.0821. The zero-order valence-corrected chi connectivity index (χ0v) is 10.5. The number of esters is 1. The molecule has 0 radical (unpaired) electrons. The summed E-state index contributed by atoms with van der Waals surface area (Å²) in [6, 6.07) is 0. The molecule has 0 aromatic carbocycles. The van der Waals surface area contributed by atoms with Gasteiger partial charge in [0, 0.05) is 11.2 Å². The fourth-order valence-electron chi connectivity index (χ4n) is 1.79. The summed E-state index contributed by atoms with van der Waals surface area (Å²) < 4.78 is 4.98. The van der Waals surface area contributed by atoms with E-state index in [9.17, 15) is 4.79 Å².